The second-order valence-corrected chi connectivity index (χ2v) is 2.85. The molecule has 0 saturated carbocycles. The third-order valence-corrected chi connectivity index (χ3v) is 1.83. The van der Waals surface area contributed by atoms with Crippen molar-refractivity contribution in [2.45, 2.75) is 6.61 Å². The summed E-state index contributed by atoms with van der Waals surface area (Å²) in [6.07, 6.45) is 0. The summed E-state index contributed by atoms with van der Waals surface area (Å²) in [6, 6.07) is 0. The fraction of sp³-hybridized carbons (Fsp3) is 0.333. The number of ether oxygens (including phenoxy) is 1. The fourth-order valence-corrected chi connectivity index (χ4v) is 1.23. The van der Waals surface area contributed by atoms with Gasteiger partial charge in [0.15, 0.2) is 11.5 Å². The van der Waals surface area contributed by atoms with E-state index in [1.165, 1.54) is 11.5 Å². The van der Waals surface area contributed by atoms with Crippen LogP contribution in [-0.4, -0.2) is 26.8 Å². The van der Waals surface area contributed by atoms with Crippen molar-refractivity contribution in [3.05, 3.63) is 11.2 Å². The van der Waals surface area contributed by atoms with E-state index in [-0.39, 0.29) is 0 Å². The van der Waals surface area contributed by atoms with Gasteiger partial charge in [0.05, 0.1) is 0 Å². The van der Waals surface area contributed by atoms with E-state index in [2.05, 4.69) is 19.7 Å². The number of hydrogen-bond acceptors (Lipinski definition) is 7. The largest absolute Gasteiger partial charge is 0.377 e. The van der Waals surface area contributed by atoms with Crippen molar-refractivity contribution in [2.75, 3.05) is 7.11 Å². The minimum absolute atomic E-state index is 0.334. The number of hydrogen-bond donors (Lipinski definition) is 0. The van der Waals surface area contributed by atoms with Crippen LogP contribution in [0.15, 0.2) is 9.90 Å². The Labute approximate surface area is 77.7 Å². The second kappa shape index (κ2) is 3.58. The van der Waals surface area contributed by atoms with Crippen LogP contribution in [0.25, 0.3) is 11.6 Å². The van der Waals surface area contributed by atoms with Gasteiger partial charge in [-0.05, 0) is 11.5 Å². The summed E-state index contributed by atoms with van der Waals surface area (Å²) in [5.74, 6) is 0.881. The third kappa shape index (κ3) is 1.70. The zero-order chi connectivity index (χ0) is 9.10. The minimum Gasteiger partial charge on any atom is -0.377 e. The lowest BCUT2D eigenvalue weighted by Crippen LogP contribution is -1.89. The van der Waals surface area contributed by atoms with Gasteiger partial charge in [-0.25, -0.2) is 0 Å². The Morgan fingerprint density at radius 1 is 1.62 bits per heavy atom. The summed E-state index contributed by atoms with van der Waals surface area (Å²) in [4.78, 5) is 4.04. The monoisotopic (exact) mass is 198 g/mol. The second-order valence-electron chi connectivity index (χ2n) is 2.24. The SMILES string of the molecule is COCc1noc(-c2csnn2)n1. The zero-order valence-electron chi connectivity index (χ0n) is 6.80. The van der Waals surface area contributed by atoms with E-state index in [4.69, 9.17) is 9.26 Å². The van der Waals surface area contributed by atoms with Crippen LogP contribution in [0.1, 0.15) is 5.82 Å². The maximum absolute atomic E-state index is 4.92. The Hall–Kier alpha value is -1.34. The quantitative estimate of drug-likeness (QED) is 0.724. The number of aromatic nitrogens is 4. The van der Waals surface area contributed by atoms with Crippen LogP contribution >= 0.6 is 11.5 Å². The molecule has 6 nitrogen and oxygen atoms in total. The molecule has 0 aromatic carbocycles. The lowest BCUT2D eigenvalue weighted by atomic mass is 10.5. The molecule has 0 saturated heterocycles. The van der Waals surface area contributed by atoms with Crippen molar-refractivity contribution in [1.82, 2.24) is 19.7 Å². The van der Waals surface area contributed by atoms with Gasteiger partial charge < -0.3 is 9.26 Å². The summed E-state index contributed by atoms with van der Waals surface area (Å²) in [5, 5.41) is 9.22. The van der Waals surface area contributed by atoms with Gasteiger partial charge in [-0.1, -0.05) is 9.64 Å². The first kappa shape index (κ1) is 8.27. The predicted molar refractivity (Wildman–Crippen MR) is 43.9 cm³/mol. The van der Waals surface area contributed by atoms with Crippen LogP contribution in [0, 0.1) is 0 Å². The van der Waals surface area contributed by atoms with Gasteiger partial charge in [-0.2, -0.15) is 4.98 Å². The van der Waals surface area contributed by atoms with Crippen molar-refractivity contribution in [3.8, 4) is 11.6 Å². The van der Waals surface area contributed by atoms with Crippen molar-refractivity contribution in [1.29, 1.82) is 0 Å². The lowest BCUT2D eigenvalue weighted by Gasteiger charge is -1.85. The molecule has 0 amide bonds. The third-order valence-electron chi connectivity index (χ3n) is 1.32. The van der Waals surface area contributed by atoms with E-state index in [1.54, 1.807) is 12.5 Å². The van der Waals surface area contributed by atoms with E-state index in [9.17, 15) is 0 Å². The van der Waals surface area contributed by atoms with Gasteiger partial charge in [0, 0.05) is 12.5 Å². The Morgan fingerprint density at radius 3 is 3.23 bits per heavy atom. The van der Waals surface area contributed by atoms with Gasteiger partial charge in [0.2, 0.25) is 0 Å². The standard InChI is InChI=1S/C6H6N4O2S/c1-11-2-5-7-6(12-9-5)4-3-13-10-8-4/h3H,2H2,1H3. The summed E-state index contributed by atoms with van der Waals surface area (Å²) >= 11 is 1.24. The Kier molecular flexibility index (Phi) is 2.28. The number of nitrogens with zero attached hydrogens (tertiary/aromatic N) is 4. The summed E-state index contributed by atoms with van der Waals surface area (Å²) in [7, 11) is 1.57. The average molecular weight is 198 g/mol. The van der Waals surface area contributed by atoms with Crippen LogP contribution in [0.3, 0.4) is 0 Å². The molecule has 0 atom stereocenters. The Morgan fingerprint density at radius 2 is 2.54 bits per heavy atom. The van der Waals surface area contributed by atoms with E-state index in [0.717, 1.165) is 0 Å². The highest BCUT2D eigenvalue weighted by Crippen LogP contribution is 2.14. The molecule has 2 rings (SSSR count). The van der Waals surface area contributed by atoms with Crippen LogP contribution in [0.5, 0.6) is 0 Å². The average Bonchev–Trinajstić information content (AvgIpc) is 2.70. The predicted octanol–water partition coefficient (Wildman–Crippen LogP) is 0.735. The minimum atomic E-state index is 0.334. The maximum atomic E-state index is 4.92. The molecule has 0 aliphatic carbocycles. The van der Waals surface area contributed by atoms with E-state index < -0.39 is 0 Å². The lowest BCUT2D eigenvalue weighted by molar-refractivity contribution is 0.174. The van der Waals surface area contributed by atoms with Crippen LogP contribution < -0.4 is 0 Å². The summed E-state index contributed by atoms with van der Waals surface area (Å²) in [5.41, 5.74) is 0.597. The summed E-state index contributed by atoms with van der Waals surface area (Å²) < 4.78 is 13.5. The maximum Gasteiger partial charge on any atom is 0.279 e. The van der Waals surface area contributed by atoms with Crippen molar-refractivity contribution < 1.29 is 9.26 Å². The molecular weight excluding hydrogens is 192 g/mol. The van der Waals surface area contributed by atoms with Crippen molar-refractivity contribution in [3.63, 3.8) is 0 Å². The first-order valence-corrected chi connectivity index (χ1v) is 4.33. The van der Waals surface area contributed by atoms with E-state index >= 15 is 0 Å². The molecule has 0 fully saturated rings. The molecular formula is C6H6N4O2S. The van der Waals surface area contributed by atoms with Crippen LogP contribution in [0.4, 0.5) is 0 Å². The molecule has 2 heterocycles. The van der Waals surface area contributed by atoms with Crippen molar-refractivity contribution >= 4 is 11.5 Å². The molecule has 13 heavy (non-hydrogen) atoms. The normalized spacial score (nSPS) is 10.5. The van der Waals surface area contributed by atoms with E-state index in [0.29, 0.717) is 24.0 Å². The first-order chi connectivity index (χ1) is 6.40. The smallest absolute Gasteiger partial charge is 0.279 e. The summed E-state index contributed by atoms with van der Waals surface area (Å²) in [6.45, 7) is 0.334. The number of rotatable bonds is 3. The van der Waals surface area contributed by atoms with Gasteiger partial charge in [-0.3, -0.25) is 0 Å². The molecule has 0 aliphatic rings. The highest BCUT2D eigenvalue weighted by atomic mass is 32.1. The van der Waals surface area contributed by atoms with Gasteiger partial charge in [0.1, 0.15) is 6.61 Å². The zero-order valence-corrected chi connectivity index (χ0v) is 7.61. The number of methoxy groups -OCH3 is 1. The van der Waals surface area contributed by atoms with Crippen LogP contribution in [-0.2, 0) is 11.3 Å². The molecule has 0 N–H and O–H groups in total. The molecule has 0 radical (unpaired) electrons. The Balaban J connectivity index is 2.23. The molecule has 7 heteroatoms. The molecule has 0 bridgehead atoms. The van der Waals surface area contributed by atoms with Crippen molar-refractivity contribution in [2.24, 2.45) is 0 Å². The molecule has 2 aromatic heterocycles. The van der Waals surface area contributed by atoms with Gasteiger partial charge in [0.25, 0.3) is 5.89 Å². The highest BCUT2D eigenvalue weighted by molar-refractivity contribution is 7.03. The molecule has 2 aromatic rings. The molecule has 0 unspecified atom stereocenters. The Bertz CT molecular complexity index is 372. The highest BCUT2D eigenvalue weighted by Gasteiger charge is 2.10. The first-order valence-electron chi connectivity index (χ1n) is 3.49. The topological polar surface area (TPSA) is 73.9 Å². The van der Waals surface area contributed by atoms with Gasteiger partial charge >= 0.3 is 0 Å². The molecule has 0 aliphatic heterocycles. The molecule has 0 spiro atoms. The molecule has 68 valence electrons. The van der Waals surface area contributed by atoms with Gasteiger partial charge in [-0.15, -0.1) is 5.10 Å². The fourth-order valence-electron chi connectivity index (χ4n) is 0.804. The van der Waals surface area contributed by atoms with E-state index in [1.807, 2.05) is 0 Å². The van der Waals surface area contributed by atoms with Crippen LogP contribution in [0.2, 0.25) is 0 Å².